The fraction of sp³-hybridized carbons (Fsp3) is 0.769. The van der Waals surface area contributed by atoms with E-state index in [2.05, 4.69) is 31.2 Å². The van der Waals surface area contributed by atoms with Crippen LogP contribution in [0.25, 0.3) is 0 Å². The summed E-state index contributed by atoms with van der Waals surface area (Å²) in [6, 6.07) is 2.40. The van der Waals surface area contributed by atoms with E-state index in [9.17, 15) is 5.11 Å². The summed E-state index contributed by atoms with van der Waals surface area (Å²) in [7, 11) is 0. The standard InChI is InChI=1S/C13H25N3O/c1-11(2)14-13(4,10-17)7-5-8-16-9-6-12(3)15-16/h6,9,11,14,17H,5,7-8,10H2,1-4H3. The molecule has 0 saturated carbocycles. The molecule has 0 aliphatic carbocycles. The molecule has 0 aliphatic heterocycles. The van der Waals surface area contributed by atoms with Crippen molar-refractivity contribution in [3.63, 3.8) is 0 Å². The molecule has 4 heteroatoms. The summed E-state index contributed by atoms with van der Waals surface area (Å²) in [6.07, 6.45) is 3.96. The minimum Gasteiger partial charge on any atom is -0.394 e. The Balaban J connectivity index is 2.37. The monoisotopic (exact) mass is 239 g/mol. The predicted octanol–water partition coefficient (Wildman–Crippen LogP) is 1.72. The van der Waals surface area contributed by atoms with Gasteiger partial charge >= 0.3 is 0 Å². The summed E-state index contributed by atoms with van der Waals surface area (Å²) in [6.45, 7) is 9.35. The maximum atomic E-state index is 9.45. The highest BCUT2D eigenvalue weighted by Gasteiger charge is 2.23. The van der Waals surface area contributed by atoms with Crippen LogP contribution in [0.2, 0.25) is 0 Å². The number of hydrogen-bond acceptors (Lipinski definition) is 3. The van der Waals surface area contributed by atoms with Crippen LogP contribution in [0.15, 0.2) is 12.3 Å². The van der Waals surface area contributed by atoms with Crippen LogP contribution in [-0.4, -0.2) is 33.1 Å². The van der Waals surface area contributed by atoms with E-state index in [0.717, 1.165) is 25.1 Å². The van der Waals surface area contributed by atoms with Crippen molar-refractivity contribution in [3.8, 4) is 0 Å². The highest BCUT2D eigenvalue weighted by atomic mass is 16.3. The van der Waals surface area contributed by atoms with Crippen LogP contribution >= 0.6 is 0 Å². The first-order chi connectivity index (χ1) is 7.95. The predicted molar refractivity (Wildman–Crippen MR) is 70.0 cm³/mol. The van der Waals surface area contributed by atoms with Crippen LogP contribution in [0.1, 0.15) is 39.3 Å². The van der Waals surface area contributed by atoms with Crippen LogP contribution in [0.4, 0.5) is 0 Å². The van der Waals surface area contributed by atoms with Gasteiger partial charge in [-0.1, -0.05) is 13.8 Å². The number of aliphatic hydroxyl groups excluding tert-OH is 1. The number of rotatable bonds is 7. The van der Waals surface area contributed by atoms with Crippen LogP contribution < -0.4 is 5.32 Å². The van der Waals surface area contributed by atoms with Crippen LogP contribution in [-0.2, 0) is 6.54 Å². The van der Waals surface area contributed by atoms with Crippen molar-refractivity contribution in [2.24, 2.45) is 0 Å². The normalized spacial score (nSPS) is 15.2. The summed E-state index contributed by atoms with van der Waals surface area (Å²) in [5.41, 5.74) is 0.867. The lowest BCUT2D eigenvalue weighted by atomic mass is 9.96. The van der Waals surface area contributed by atoms with Gasteiger partial charge in [-0.3, -0.25) is 4.68 Å². The van der Waals surface area contributed by atoms with Crippen molar-refractivity contribution in [1.29, 1.82) is 0 Å². The van der Waals surface area contributed by atoms with Gasteiger partial charge in [-0.25, -0.2) is 0 Å². The zero-order valence-corrected chi connectivity index (χ0v) is 11.4. The summed E-state index contributed by atoms with van der Waals surface area (Å²) in [5, 5.41) is 17.2. The van der Waals surface area contributed by atoms with Gasteiger partial charge in [0.1, 0.15) is 0 Å². The van der Waals surface area contributed by atoms with E-state index in [0.29, 0.717) is 6.04 Å². The molecule has 1 aromatic rings. The van der Waals surface area contributed by atoms with Gasteiger partial charge in [-0.15, -0.1) is 0 Å². The van der Waals surface area contributed by atoms with E-state index in [1.165, 1.54) is 0 Å². The summed E-state index contributed by atoms with van der Waals surface area (Å²) < 4.78 is 1.96. The molecular formula is C13H25N3O. The number of aromatic nitrogens is 2. The average molecular weight is 239 g/mol. The lowest BCUT2D eigenvalue weighted by Crippen LogP contribution is -2.49. The molecule has 1 rings (SSSR count). The van der Waals surface area contributed by atoms with Gasteiger partial charge in [0.15, 0.2) is 0 Å². The zero-order valence-electron chi connectivity index (χ0n) is 11.4. The number of hydrogen-bond donors (Lipinski definition) is 2. The number of nitrogens with one attached hydrogen (secondary N) is 1. The Bertz CT molecular complexity index is 335. The van der Waals surface area contributed by atoms with E-state index < -0.39 is 0 Å². The van der Waals surface area contributed by atoms with E-state index >= 15 is 0 Å². The molecule has 98 valence electrons. The molecule has 4 nitrogen and oxygen atoms in total. The minimum absolute atomic E-state index is 0.170. The molecule has 0 amide bonds. The molecule has 17 heavy (non-hydrogen) atoms. The molecule has 2 N–H and O–H groups in total. The molecular weight excluding hydrogens is 214 g/mol. The first kappa shape index (κ1) is 14.2. The number of aryl methyl sites for hydroxylation is 2. The van der Waals surface area contributed by atoms with Crippen LogP contribution in [0.5, 0.6) is 0 Å². The molecule has 1 aromatic heterocycles. The SMILES string of the molecule is Cc1ccn(CCCC(C)(CO)NC(C)C)n1. The second-order valence-corrected chi connectivity index (χ2v) is 5.34. The topological polar surface area (TPSA) is 50.1 Å². The van der Waals surface area contributed by atoms with Gasteiger partial charge in [0.2, 0.25) is 0 Å². The fourth-order valence-corrected chi connectivity index (χ4v) is 2.11. The molecule has 0 radical (unpaired) electrons. The van der Waals surface area contributed by atoms with Crippen molar-refractivity contribution in [3.05, 3.63) is 18.0 Å². The van der Waals surface area contributed by atoms with Gasteiger partial charge in [-0.05, 0) is 32.8 Å². The van der Waals surface area contributed by atoms with Gasteiger partial charge in [0, 0.05) is 24.3 Å². The Morgan fingerprint density at radius 1 is 1.53 bits per heavy atom. The van der Waals surface area contributed by atoms with Crippen LogP contribution in [0, 0.1) is 6.92 Å². The van der Waals surface area contributed by atoms with Crippen molar-refractivity contribution < 1.29 is 5.11 Å². The third-order valence-corrected chi connectivity index (χ3v) is 2.88. The molecule has 0 bridgehead atoms. The zero-order chi connectivity index (χ0) is 12.9. The van der Waals surface area contributed by atoms with Gasteiger partial charge < -0.3 is 10.4 Å². The summed E-state index contributed by atoms with van der Waals surface area (Å²) >= 11 is 0. The minimum atomic E-state index is -0.184. The molecule has 0 aromatic carbocycles. The first-order valence-electron chi connectivity index (χ1n) is 6.34. The van der Waals surface area contributed by atoms with E-state index in [1.807, 2.05) is 23.9 Å². The van der Waals surface area contributed by atoms with E-state index in [4.69, 9.17) is 0 Å². The molecule has 1 unspecified atom stereocenters. The third-order valence-electron chi connectivity index (χ3n) is 2.88. The summed E-state index contributed by atoms with van der Waals surface area (Å²) in [5.74, 6) is 0. The second kappa shape index (κ2) is 6.17. The molecule has 1 heterocycles. The second-order valence-electron chi connectivity index (χ2n) is 5.34. The first-order valence-corrected chi connectivity index (χ1v) is 6.34. The summed E-state index contributed by atoms with van der Waals surface area (Å²) in [4.78, 5) is 0. The largest absolute Gasteiger partial charge is 0.394 e. The van der Waals surface area contributed by atoms with Gasteiger partial charge in [0.05, 0.1) is 12.3 Å². The Labute approximate surface area is 104 Å². The Kier molecular flexibility index (Phi) is 5.15. The van der Waals surface area contributed by atoms with Crippen molar-refractivity contribution in [2.75, 3.05) is 6.61 Å². The highest BCUT2D eigenvalue weighted by molar-refractivity contribution is 4.94. The van der Waals surface area contributed by atoms with E-state index in [-0.39, 0.29) is 12.1 Å². The molecule has 0 spiro atoms. The molecule has 0 saturated heterocycles. The lowest BCUT2D eigenvalue weighted by molar-refractivity contribution is 0.153. The highest BCUT2D eigenvalue weighted by Crippen LogP contribution is 2.13. The quantitative estimate of drug-likeness (QED) is 0.761. The number of nitrogens with zero attached hydrogens (tertiary/aromatic N) is 2. The smallest absolute Gasteiger partial charge is 0.0610 e. The maximum Gasteiger partial charge on any atom is 0.0610 e. The van der Waals surface area contributed by atoms with Crippen LogP contribution in [0.3, 0.4) is 0 Å². The molecule has 0 aliphatic rings. The van der Waals surface area contributed by atoms with E-state index in [1.54, 1.807) is 0 Å². The average Bonchev–Trinajstić information content (AvgIpc) is 2.63. The third kappa shape index (κ3) is 4.88. The lowest BCUT2D eigenvalue weighted by Gasteiger charge is -2.31. The maximum absolute atomic E-state index is 9.45. The fourth-order valence-electron chi connectivity index (χ4n) is 2.11. The number of aliphatic hydroxyl groups is 1. The Morgan fingerprint density at radius 2 is 2.24 bits per heavy atom. The molecule has 1 atom stereocenters. The van der Waals surface area contributed by atoms with Crippen molar-refractivity contribution in [2.45, 2.75) is 58.7 Å². The Hall–Kier alpha value is -0.870. The Morgan fingerprint density at radius 3 is 2.71 bits per heavy atom. The van der Waals surface area contributed by atoms with Gasteiger partial charge in [0.25, 0.3) is 0 Å². The van der Waals surface area contributed by atoms with Crippen molar-refractivity contribution >= 4 is 0 Å². The molecule has 0 fully saturated rings. The van der Waals surface area contributed by atoms with Crippen molar-refractivity contribution in [1.82, 2.24) is 15.1 Å². The van der Waals surface area contributed by atoms with Gasteiger partial charge in [-0.2, -0.15) is 5.10 Å².